The van der Waals surface area contributed by atoms with E-state index in [1.54, 1.807) is 11.9 Å². The lowest BCUT2D eigenvalue weighted by molar-refractivity contribution is 0.0309. The summed E-state index contributed by atoms with van der Waals surface area (Å²) < 4.78 is 5.21. The first-order valence-electron chi connectivity index (χ1n) is 4.88. The summed E-state index contributed by atoms with van der Waals surface area (Å²) in [5.74, 6) is 2.05. The van der Waals surface area contributed by atoms with Gasteiger partial charge in [0.2, 0.25) is 0 Å². The summed E-state index contributed by atoms with van der Waals surface area (Å²) in [5, 5.41) is 0. The minimum absolute atomic E-state index is 0.241. The molecule has 0 fully saturated rings. The zero-order valence-corrected chi connectivity index (χ0v) is 10.6. The summed E-state index contributed by atoms with van der Waals surface area (Å²) in [7, 11) is 1.77. The third kappa shape index (κ3) is 7.06. The summed E-state index contributed by atoms with van der Waals surface area (Å²) >= 11 is 1.82. The Balaban J connectivity index is 3.77. The van der Waals surface area contributed by atoms with E-state index >= 15 is 0 Å². The average molecular weight is 219 g/mol. The molecular weight excluding hydrogens is 198 g/mol. The minimum Gasteiger partial charge on any atom is -0.444 e. The van der Waals surface area contributed by atoms with E-state index in [9.17, 15) is 4.79 Å². The molecule has 0 atom stereocenters. The SMILES string of the molecule is CCSCCN(C)C(=O)OC(C)(C)C. The number of ether oxygens (including phenoxy) is 1. The number of amides is 1. The summed E-state index contributed by atoms with van der Waals surface area (Å²) in [6.45, 7) is 8.48. The van der Waals surface area contributed by atoms with Crippen LogP contribution in [-0.4, -0.2) is 41.7 Å². The summed E-state index contributed by atoms with van der Waals surface area (Å²) in [6.07, 6.45) is -0.241. The van der Waals surface area contributed by atoms with Gasteiger partial charge >= 0.3 is 6.09 Å². The van der Waals surface area contributed by atoms with Crippen LogP contribution in [0.1, 0.15) is 27.7 Å². The van der Waals surface area contributed by atoms with Gasteiger partial charge < -0.3 is 9.64 Å². The minimum atomic E-state index is -0.400. The van der Waals surface area contributed by atoms with Crippen molar-refractivity contribution in [2.45, 2.75) is 33.3 Å². The van der Waals surface area contributed by atoms with Gasteiger partial charge in [0.1, 0.15) is 5.60 Å². The molecule has 0 aromatic rings. The van der Waals surface area contributed by atoms with Gasteiger partial charge in [0.25, 0.3) is 0 Å². The van der Waals surface area contributed by atoms with Crippen molar-refractivity contribution >= 4 is 17.9 Å². The highest BCUT2D eigenvalue weighted by molar-refractivity contribution is 7.99. The molecule has 84 valence electrons. The van der Waals surface area contributed by atoms with E-state index in [4.69, 9.17) is 4.74 Å². The molecule has 1 amide bonds. The Morgan fingerprint density at radius 1 is 1.43 bits per heavy atom. The van der Waals surface area contributed by atoms with Crippen molar-refractivity contribution in [3.05, 3.63) is 0 Å². The smallest absolute Gasteiger partial charge is 0.410 e. The second-order valence-corrected chi connectivity index (χ2v) is 5.49. The maximum atomic E-state index is 11.4. The van der Waals surface area contributed by atoms with Crippen LogP contribution in [0.2, 0.25) is 0 Å². The van der Waals surface area contributed by atoms with E-state index in [1.807, 2.05) is 32.5 Å². The van der Waals surface area contributed by atoms with Gasteiger partial charge in [-0.3, -0.25) is 0 Å². The highest BCUT2D eigenvalue weighted by Crippen LogP contribution is 2.09. The Bertz CT molecular complexity index is 177. The van der Waals surface area contributed by atoms with Crippen LogP contribution >= 0.6 is 11.8 Å². The van der Waals surface area contributed by atoms with Gasteiger partial charge in [-0.15, -0.1) is 0 Å². The van der Waals surface area contributed by atoms with E-state index < -0.39 is 5.60 Å². The van der Waals surface area contributed by atoms with Crippen molar-refractivity contribution in [3.63, 3.8) is 0 Å². The van der Waals surface area contributed by atoms with Gasteiger partial charge in [0, 0.05) is 19.3 Å². The summed E-state index contributed by atoms with van der Waals surface area (Å²) in [5.41, 5.74) is -0.400. The van der Waals surface area contributed by atoms with Crippen LogP contribution in [0.3, 0.4) is 0 Å². The highest BCUT2D eigenvalue weighted by atomic mass is 32.2. The van der Waals surface area contributed by atoms with Gasteiger partial charge in [-0.25, -0.2) is 4.79 Å². The van der Waals surface area contributed by atoms with E-state index in [-0.39, 0.29) is 6.09 Å². The van der Waals surface area contributed by atoms with Crippen molar-refractivity contribution in [2.24, 2.45) is 0 Å². The Morgan fingerprint density at radius 3 is 2.43 bits per heavy atom. The molecule has 0 aromatic heterocycles. The first kappa shape index (κ1) is 13.6. The zero-order chi connectivity index (χ0) is 11.2. The number of carbonyl (C=O) groups excluding carboxylic acids is 1. The summed E-state index contributed by atoms with van der Waals surface area (Å²) in [6, 6.07) is 0. The number of thioether (sulfide) groups is 1. The maximum Gasteiger partial charge on any atom is 0.410 e. The number of carbonyl (C=O) groups is 1. The Labute approximate surface area is 91.2 Å². The lowest BCUT2D eigenvalue weighted by Crippen LogP contribution is -2.35. The first-order chi connectivity index (χ1) is 6.37. The molecule has 0 spiro atoms. The molecule has 0 radical (unpaired) electrons. The van der Waals surface area contributed by atoms with Crippen LogP contribution in [0.25, 0.3) is 0 Å². The van der Waals surface area contributed by atoms with Crippen LogP contribution in [0.15, 0.2) is 0 Å². The molecule has 0 unspecified atom stereocenters. The largest absolute Gasteiger partial charge is 0.444 e. The van der Waals surface area contributed by atoms with Gasteiger partial charge in [0.15, 0.2) is 0 Å². The first-order valence-corrected chi connectivity index (χ1v) is 6.04. The Hall–Kier alpha value is -0.380. The molecule has 3 nitrogen and oxygen atoms in total. The Morgan fingerprint density at radius 2 is 2.00 bits per heavy atom. The molecular formula is C10H21NO2S. The molecule has 0 aliphatic heterocycles. The van der Waals surface area contributed by atoms with E-state index in [2.05, 4.69) is 6.92 Å². The lowest BCUT2D eigenvalue weighted by Gasteiger charge is -2.24. The molecule has 0 bridgehead atoms. The van der Waals surface area contributed by atoms with E-state index in [0.717, 1.165) is 18.1 Å². The van der Waals surface area contributed by atoms with Crippen LogP contribution in [0.4, 0.5) is 4.79 Å². The van der Waals surface area contributed by atoms with Crippen LogP contribution in [0, 0.1) is 0 Å². The van der Waals surface area contributed by atoms with Crippen molar-refractivity contribution in [2.75, 3.05) is 25.1 Å². The predicted molar refractivity (Wildman–Crippen MR) is 61.9 cm³/mol. The fourth-order valence-corrected chi connectivity index (χ4v) is 1.47. The van der Waals surface area contributed by atoms with Gasteiger partial charge in [-0.2, -0.15) is 11.8 Å². The van der Waals surface area contributed by atoms with Gasteiger partial charge in [-0.05, 0) is 26.5 Å². The Kier molecular flexibility index (Phi) is 6.00. The second-order valence-electron chi connectivity index (χ2n) is 4.10. The molecule has 0 saturated carbocycles. The van der Waals surface area contributed by atoms with Crippen LogP contribution < -0.4 is 0 Å². The average Bonchev–Trinajstić information content (AvgIpc) is 2.01. The number of rotatable bonds is 4. The molecule has 4 heteroatoms. The van der Waals surface area contributed by atoms with Crippen molar-refractivity contribution < 1.29 is 9.53 Å². The molecule has 0 aromatic carbocycles. The van der Waals surface area contributed by atoms with Crippen molar-refractivity contribution in [1.29, 1.82) is 0 Å². The standard InChI is InChI=1S/C10H21NO2S/c1-6-14-8-7-11(5)9(12)13-10(2,3)4/h6-8H2,1-5H3. The second kappa shape index (κ2) is 6.17. The van der Waals surface area contributed by atoms with Crippen LogP contribution in [0.5, 0.6) is 0 Å². The topological polar surface area (TPSA) is 29.5 Å². The molecule has 0 saturated heterocycles. The molecule has 0 aliphatic rings. The van der Waals surface area contributed by atoms with Crippen LogP contribution in [-0.2, 0) is 4.74 Å². The normalized spacial score (nSPS) is 11.2. The maximum absolute atomic E-state index is 11.4. The number of hydrogen-bond donors (Lipinski definition) is 0. The lowest BCUT2D eigenvalue weighted by atomic mass is 10.2. The quantitative estimate of drug-likeness (QED) is 0.681. The van der Waals surface area contributed by atoms with E-state index in [0.29, 0.717) is 0 Å². The predicted octanol–water partition coefficient (Wildman–Crippen LogP) is 2.61. The van der Waals surface area contributed by atoms with Gasteiger partial charge in [0.05, 0.1) is 0 Å². The fourth-order valence-electron chi connectivity index (χ4n) is 0.777. The highest BCUT2D eigenvalue weighted by Gasteiger charge is 2.18. The van der Waals surface area contributed by atoms with Gasteiger partial charge in [-0.1, -0.05) is 6.92 Å². The molecule has 14 heavy (non-hydrogen) atoms. The third-order valence-electron chi connectivity index (χ3n) is 1.48. The van der Waals surface area contributed by atoms with Crippen molar-refractivity contribution in [3.8, 4) is 0 Å². The molecule has 0 N–H and O–H groups in total. The third-order valence-corrected chi connectivity index (χ3v) is 2.36. The molecule has 0 heterocycles. The zero-order valence-electron chi connectivity index (χ0n) is 9.79. The molecule has 0 rings (SSSR count). The molecule has 0 aliphatic carbocycles. The van der Waals surface area contributed by atoms with E-state index in [1.165, 1.54) is 0 Å². The fraction of sp³-hybridized carbons (Fsp3) is 0.900. The monoisotopic (exact) mass is 219 g/mol. The van der Waals surface area contributed by atoms with Crippen molar-refractivity contribution in [1.82, 2.24) is 4.90 Å². The summed E-state index contributed by atoms with van der Waals surface area (Å²) in [4.78, 5) is 13.1. The number of hydrogen-bond acceptors (Lipinski definition) is 3. The number of nitrogens with zero attached hydrogens (tertiary/aromatic N) is 1.